The van der Waals surface area contributed by atoms with Crippen molar-refractivity contribution in [3.63, 3.8) is 0 Å². The molecule has 1 aliphatic heterocycles. The van der Waals surface area contributed by atoms with Crippen LogP contribution in [0.5, 0.6) is 0 Å². The summed E-state index contributed by atoms with van der Waals surface area (Å²) < 4.78 is 6.71. The molecule has 0 radical (unpaired) electrons. The van der Waals surface area contributed by atoms with Crippen LogP contribution in [0.2, 0.25) is 0 Å². The lowest BCUT2D eigenvalue weighted by atomic mass is 9.97. The molecule has 1 rings (SSSR count). The molecule has 1 aliphatic rings. The van der Waals surface area contributed by atoms with Crippen LogP contribution in [0.3, 0.4) is 0 Å². The molecule has 16 heavy (non-hydrogen) atoms. The number of hydrogen-bond acceptors (Lipinski definition) is 3. The average molecular weight is 266 g/mol. The minimum absolute atomic E-state index is 0.949. The van der Waals surface area contributed by atoms with E-state index in [1.807, 2.05) is 0 Å². The summed E-state index contributed by atoms with van der Waals surface area (Å²) in [7, 11) is 9.27. The molecule has 98 valence electrons. The Bertz CT molecular complexity index is 153. The highest BCUT2D eigenvalue weighted by Crippen LogP contribution is 2.21. The minimum atomic E-state index is 0.949. The number of rotatable bonds is 4. The molecular weight excluding hydrogens is 238 g/mol. The minimum Gasteiger partial charge on any atom is -0.388 e. The average Bonchev–Trinajstić information content (AvgIpc) is 2.31. The monoisotopic (exact) mass is 266 g/mol. The van der Waals surface area contributed by atoms with Crippen LogP contribution < -0.4 is 0 Å². The smallest absolute Gasteiger partial charge is 0.0351 e. The fourth-order valence-corrected chi connectivity index (χ4v) is 2.64. The summed E-state index contributed by atoms with van der Waals surface area (Å²) in [5.41, 5.74) is 0. The Balaban J connectivity index is 0.000000673. The van der Waals surface area contributed by atoms with Gasteiger partial charge in [-0.25, -0.2) is 0 Å². The lowest BCUT2D eigenvalue weighted by Gasteiger charge is -2.32. The van der Waals surface area contributed by atoms with Crippen LogP contribution in [0.1, 0.15) is 12.8 Å². The lowest BCUT2D eigenvalue weighted by molar-refractivity contribution is 0.197. The summed E-state index contributed by atoms with van der Waals surface area (Å²) in [4.78, 5) is 2.52. The van der Waals surface area contributed by atoms with Crippen LogP contribution in [0.25, 0.3) is 0 Å². The number of hydrogen-bond donors (Lipinski definition) is 0. The second-order valence-corrected chi connectivity index (χ2v) is 5.83. The van der Waals surface area contributed by atoms with Gasteiger partial charge < -0.3 is 4.74 Å². The van der Waals surface area contributed by atoms with Crippen LogP contribution in [-0.2, 0) is 4.74 Å². The maximum Gasteiger partial charge on any atom is 0.0351 e. The molecule has 0 amide bonds. The molecule has 1 fully saturated rings. The van der Waals surface area contributed by atoms with Crippen LogP contribution in [0.15, 0.2) is 0 Å². The molecule has 0 aromatic carbocycles. The van der Waals surface area contributed by atoms with Crippen molar-refractivity contribution in [2.24, 2.45) is 5.92 Å². The van der Waals surface area contributed by atoms with Crippen molar-refractivity contribution in [3.05, 3.63) is 0 Å². The standard InChI is InChI=1S/C9H22N2P2.C2H6O/c1-10(13-2)7-9-3-5-11(8-12)6-4-9;1-3-2/h9,13H,3-8,12H2,1-2H3;1-2H3. The van der Waals surface area contributed by atoms with E-state index in [9.17, 15) is 0 Å². The van der Waals surface area contributed by atoms with E-state index in [0.29, 0.717) is 0 Å². The van der Waals surface area contributed by atoms with Gasteiger partial charge in [0.15, 0.2) is 0 Å². The highest BCUT2D eigenvalue weighted by molar-refractivity contribution is 7.34. The van der Waals surface area contributed by atoms with Gasteiger partial charge in [0.2, 0.25) is 0 Å². The van der Waals surface area contributed by atoms with Crippen LogP contribution in [0.4, 0.5) is 0 Å². The molecule has 0 aromatic heterocycles. The lowest BCUT2D eigenvalue weighted by Crippen LogP contribution is -2.35. The number of ether oxygens (including phenoxy) is 1. The SMILES string of the molecule is COC.CPN(C)CC1CCN(CP)CC1. The zero-order valence-electron chi connectivity index (χ0n) is 11.2. The molecular formula is C11H28N2OP2. The van der Waals surface area contributed by atoms with Crippen molar-refractivity contribution < 1.29 is 4.74 Å². The van der Waals surface area contributed by atoms with Gasteiger partial charge in [-0.15, -0.1) is 9.24 Å². The van der Waals surface area contributed by atoms with Crippen LogP contribution >= 0.6 is 18.0 Å². The predicted octanol–water partition coefficient (Wildman–Crippen LogP) is 1.95. The first-order chi connectivity index (χ1) is 7.67. The molecule has 2 atom stereocenters. The Morgan fingerprint density at radius 1 is 1.38 bits per heavy atom. The van der Waals surface area contributed by atoms with Crippen molar-refractivity contribution in [2.45, 2.75) is 12.8 Å². The normalized spacial score (nSPS) is 19.1. The third kappa shape index (κ3) is 7.92. The summed E-state index contributed by atoms with van der Waals surface area (Å²) >= 11 is 0. The number of likely N-dealkylation sites (tertiary alicyclic amines) is 1. The summed E-state index contributed by atoms with van der Waals surface area (Å²) in [6.45, 7) is 6.17. The highest BCUT2D eigenvalue weighted by atomic mass is 31.1. The molecule has 2 unspecified atom stereocenters. The van der Waals surface area contributed by atoms with Gasteiger partial charge in [-0.1, -0.05) is 8.73 Å². The molecule has 5 heteroatoms. The number of methoxy groups -OCH3 is 1. The van der Waals surface area contributed by atoms with Crippen molar-refractivity contribution in [1.82, 2.24) is 9.57 Å². The van der Waals surface area contributed by atoms with Gasteiger partial charge in [0, 0.05) is 27.1 Å². The van der Waals surface area contributed by atoms with E-state index in [-0.39, 0.29) is 0 Å². The second-order valence-electron chi connectivity index (χ2n) is 4.26. The molecule has 0 spiro atoms. The van der Waals surface area contributed by atoms with Gasteiger partial charge >= 0.3 is 0 Å². The summed E-state index contributed by atoms with van der Waals surface area (Å²) in [5.74, 6) is 0.949. The molecule has 0 aliphatic carbocycles. The van der Waals surface area contributed by atoms with Gasteiger partial charge in [0.05, 0.1) is 0 Å². The fourth-order valence-electron chi connectivity index (χ4n) is 1.83. The van der Waals surface area contributed by atoms with Crippen LogP contribution in [0, 0.1) is 5.92 Å². The number of nitrogens with zero attached hydrogens (tertiary/aromatic N) is 2. The molecule has 0 bridgehead atoms. The third-order valence-electron chi connectivity index (χ3n) is 2.88. The molecule has 1 heterocycles. The zero-order valence-corrected chi connectivity index (χ0v) is 13.4. The summed E-state index contributed by atoms with van der Waals surface area (Å²) in [6.07, 6.45) is 3.94. The first-order valence-corrected chi connectivity index (χ1v) is 8.15. The van der Waals surface area contributed by atoms with E-state index >= 15 is 0 Å². The summed E-state index contributed by atoms with van der Waals surface area (Å²) in [6, 6.07) is 0. The maximum absolute atomic E-state index is 4.25. The first kappa shape index (κ1) is 16.7. The van der Waals surface area contributed by atoms with E-state index in [0.717, 1.165) is 20.9 Å². The van der Waals surface area contributed by atoms with E-state index < -0.39 is 0 Å². The Morgan fingerprint density at radius 2 is 1.88 bits per heavy atom. The summed E-state index contributed by atoms with van der Waals surface area (Å²) in [5, 5.41) is 0. The fraction of sp³-hybridized carbons (Fsp3) is 1.00. The van der Waals surface area contributed by atoms with Gasteiger partial charge in [-0.3, -0.25) is 9.57 Å². The number of piperidine rings is 1. The van der Waals surface area contributed by atoms with Gasteiger partial charge in [0.1, 0.15) is 0 Å². The van der Waals surface area contributed by atoms with E-state index in [1.165, 1.54) is 32.5 Å². The predicted molar refractivity (Wildman–Crippen MR) is 78.7 cm³/mol. The quantitative estimate of drug-likeness (QED) is 0.723. The second kappa shape index (κ2) is 10.9. The molecule has 1 saturated heterocycles. The van der Waals surface area contributed by atoms with Crippen molar-refractivity contribution >= 4 is 18.0 Å². The Kier molecular flexibility index (Phi) is 11.4. The van der Waals surface area contributed by atoms with E-state index in [4.69, 9.17) is 0 Å². The Hall–Kier alpha value is 0.740. The first-order valence-electron chi connectivity index (χ1n) is 5.89. The largest absolute Gasteiger partial charge is 0.388 e. The van der Waals surface area contributed by atoms with Crippen molar-refractivity contribution in [1.29, 1.82) is 0 Å². The third-order valence-corrected chi connectivity index (χ3v) is 4.34. The van der Waals surface area contributed by atoms with Crippen molar-refractivity contribution in [2.75, 3.05) is 53.9 Å². The van der Waals surface area contributed by atoms with E-state index in [2.05, 4.69) is 37.3 Å². The molecule has 0 aromatic rings. The molecule has 0 N–H and O–H groups in total. The topological polar surface area (TPSA) is 15.7 Å². The molecule has 0 saturated carbocycles. The molecule has 3 nitrogen and oxygen atoms in total. The van der Waals surface area contributed by atoms with Crippen molar-refractivity contribution in [3.8, 4) is 0 Å². The Morgan fingerprint density at radius 3 is 2.25 bits per heavy atom. The van der Waals surface area contributed by atoms with Gasteiger partial charge in [-0.05, 0) is 45.6 Å². The highest BCUT2D eigenvalue weighted by Gasteiger charge is 2.18. The Labute approximate surface area is 105 Å². The van der Waals surface area contributed by atoms with E-state index in [1.54, 1.807) is 14.2 Å². The maximum atomic E-state index is 4.25. The van der Waals surface area contributed by atoms with Gasteiger partial charge in [0.25, 0.3) is 0 Å². The van der Waals surface area contributed by atoms with Gasteiger partial charge in [-0.2, -0.15) is 0 Å². The van der Waals surface area contributed by atoms with Crippen LogP contribution in [-0.4, -0.2) is 63.4 Å². The zero-order chi connectivity index (χ0) is 12.4.